The van der Waals surface area contributed by atoms with Crippen LogP contribution in [0.4, 0.5) is 0 Å². The van der Waals surface area contributed by atoms with Crippen LogP contribution in [0.1, 0.15) is 46.5 Å². The first kappa shape index (κ1) is 7.84. The van der Waals surface area contributed by atoms with Crippen LogP contribution < -0.4 is 0 Å². The Bertz CT molecular complexity index is 144. The third kappa shape index (κ3) is 1.42. The van der Waals surface area contributed by atoms with Crippen LogP contribution in [0.15, 0.2) is 11.6 Å². The van der Waals surface area contributed by atoms with Crippen LogP contribution in [0.5, 0.6) is 0 Å². The third-order valence-electron chi connectivity index (χ3n) is 2.57. The molecule has 1 rings (SSSR count). The lowest BCUT2D eigenvalue weighted by molar-refractivity contribution is 0.515. The van der Waals surface area contributed by atoms with Crippen molar-refractivity contribution in [3.05, 3.63) is 11.6 Å². The lowest BCUT2D eigenvalue weighted by Crippen LogP contribution is -1.97. The van der Waals surface area contributed by atoms with Gasteiger partial charge in [0, 0.05) is 5.41 Å². The normalized spacial score (nSPS) is 30.1. The summed E-state index contributed by atoms with van der Waals surface area (Å²) in [5.41, 5.74) is 2.24. The van der Waals surface area contributed by atoms with Gasteiger partial charge in [0.2, 0.25) is 0 Å². The maximum absolute atomic E-state index is 2.43. The van der Waals surface area contributed by atoms with Crippen molar-refractivity contribution >= 4 is 0 Å². The van der Waals surface area contributed by atoms with Gasteiger partial charge in [-0.25, -0.2) is 0 Å². The number of hydrogen-bond acceptors (Lipinski definition) is 0. The summed E-state index contributed by atoms with van der Waals surface area (Å²) in [7, 11) is 0. The Morgan fingerprint density at radius 3 is 2.50 bits per heavy atom. The molecule has 0 saturated heterocycles. The number of hydrogen-bond donors (Lipinski definition) is 0. The van der Waals surface area contributed by atoms with Crippen molar-refractivity contribution in [1.82, 2.24) is 0 Å². The average Bonchev–Trinajstić information content (AvgIpc) is 2.59. The van der Waals surface area contributed by atoms with E-state index in [1.807, 2.05) is 0 Å². The fourth-order valence-electron chi connectivity index (χ4n) is 1.63. The fraction of sp³-hybridized carbons (Fsp3) is 0.800. The molecule has 0 saturated carbocycles. The van der Waals surface area contributed by atoms with Crippen molar-refractivity contribution in [3.8, 4) is 0 Å². The zero-order chi connectivity index (χ0) is 7.61. The molecular formula is C10H18. The van der Waals surface area contributed by atoms with Gasteiger partial charge in [-0.15, -0.1) is 0 Å². The minimum absolute atomic E-state index is 0.560. The summed E-state index contributed by atoms with van der Waals surface area (Å²) in [5, 5.41) is 0. The van der Waals surface area contributed by atoms with Gasteiger partial charge in [-0.2, -0.15) is 0 Å². The van der Waals surface area contributed by atoms with E-state index >= 15 is 0 Å². The van der Waals surface area contributed by atoms with Crippen molar-refractivity contribution in [3.63, 3.8) is 0 Å². The summed E-state index contributed by atoms with van der Waals surface area (Å²) >= 11 is 0. The van der Waals surface area contributed by atoms with E-state index in [1.165, 1.54) is 25.7 Å². The van der Waals surface area contributed by atoms with Gasteiger partial charge in [-0.1, -0.05) is 45.3 Å². The topological polar surface area (TPSA) is 0 Å². The monoisotopic (exact) mass is 138 g/mol. The van der Waals surface area contributed by atoms with E-state index in [0.717, 1.165) is 0 Å². The first-order valence-corrected chi connectivity index (χ1v) is 4.45. The molecule has 0 aromatic heterocycles. The lowest BCUT2D eigenvalue weighted by Gasteiger charge is -2.09. The van der Waals surface area contributed by atoms with Crippen molar-refractivity contribution in [2.75, 3.05) is 0 Å². The summed E-state index contributed by atoms with van der Waals surface area (Å²) in [6.45, 7) is 6.88. The average molecular weight is 138 g/mol. The molecule has 0 N–H and O–H groups in total. The van der Waals surface area contributed by atoms with Crippen molar-refractivity contribution in [2.45, 2.75) is 46.5 Å². The fourth-order valence-corrected chi connectivity index (χ4v) is 1.63. The zero-order valence-corrected chi connectivity index (χ0v) is 7.41. The molecule has 0 nitrogen and oxygen atoms in total. The van der Waals surface area contributed by atoms with E-state index in [9.17, 15) is 0 Å². The number of unbranched alkanes of at least 4 members (excludes halogenated alkanes) is 1. The van der Waals surface area contributed by atoms with Crippen molar-refractivity contribution < 1.29 is 0 Å². The van der Waals surface area contributed by atoms with E-state index in [1.54, 1.807) is 5.57 Å². The maximum atomic E-state index is 2.43. The largest absolute Gasteiger partial charge is 0.0745 e. The molecule has 0 amide bonds. The highest BCUT2D eigenvalue weighted by Crippen LogP contribution is 2.49. The summed E-state index contributed by atoms with van der Waals surface area (Å²) in [6.07, 6.45) is 7.80. The molecule has 0 aliphatic heterocycles. The molecule has 0 aromatic rings. The highest BCUT2D eigenvalue weighted by Gasteiger charge is 2.35. The summed E-state index contributed by atoms with van der Waals surface area (Å²) in [4.78, 5) is 0. The molecule has 0 heterocycles. The Kier molecular flexibility index (Phi) is 2.18. The van der Waals surface area contributed by atoms with Gasteiger partial charge in [0.25, 0.3) is 0 Å². The Morgan fingerprint density at radius 1 is 1.40 bits per heavy atom. The molecule has 0 spiro atoms. The second kappa shape index (κ2) is 2.77. The Balaban J connectivity index is 2.19. The van der Waals surface area contributed by atoms with Crippen LogP contribution in [-0.4, -0.2) is 0 Å². The van der Waals surface area contributed by atoms with E-state index in [0.29, 0.717) is 5.41 Å². The predicted molar refractivity (Wildman–Crippen MR) is 46.0 cm³/mol. The number of allylic oxidation sites excluding steroid dienone is 2. The van der Waals surface area contributed by atoms with E-state index in [2.05, 4.69) is 26.8 Å². The van der Waals surface area contributed by atoms with Crippen molar-refractivity contribution in [1.29, 1.82) is 0 Å². The molecule has 0 fully saturated rings. The molecule has 0 bridgehead atoms. The minimum Gasteiger partial charge on any atom is -0.0745 e. The zero-order valence-electron chi connectivity index (χ0n) is 7.41. The summed E-state index contributed by atoms with van der Waals surface area (Å²) in [5.74, 6) is 0. The van der Waals surface area contributed by atoms with Gasteiger partial charge >= 0.3 is 0 Å². The van der Waals surface area contributed by atoms with Gasteiger partial charge < -0.3 is 0 Å². The summed E-state index contributed by atoms with van der Waals surface area (Å²) < 4.78 is 0. The van der Waals surface area contributed by atoms with E-state index in [4.69, 9.17) is 0 Å². The Hall–Kier alpha value is -0.260. The van der Waals surface area contributed by atoms with Gasteiger partial charge in [0.1, 0.15) is 0 Å². The van der Waals surface area contributed by atoms with Crippen LogP contribution >= 0.6 is 0 Å². The molecule has 1 aliphatic rings. The van der Waals surface area contributed by atoms with Crippen LogP contribution in [0.25, 0.3) is 0 Å². The number of rotatable bonds is 4. The van der Waals surface area contributed by atoms with Crippen LogP contribution in [-0.2, 0) is 0 Å². The van der Waals surface area contributed by atoms with E-state index < -0.39 is 0 Å². The van der Waals surface area contributed by atoms with Gasteiger partial charge in [0.05, 0.1) is 0 Å². The molecule has 0 aromatic carbocycles. The molecule has 1 aliphatic carbocycles. The van der Waals surface area contributed by atoms with E-state index in [-0.39, 0.29) is 0 Å². The van der Waals surface area contributed by atoms with Gasteiger partial charge in [-0.3, -0.25) is 0 Å². The van der Waals surface area contributed by atoms with Gasteiger partial charge in [-0.05, 0) is 12.8 Å². The predicted octanol–water partition coefficient (Wildman–Crippen LogP) is 3.53. The lowest BCUT2D eigenvalue weighted by atomic mass is 9.95. The maximum Gasteiger partial charge on any atom is 0.00656 e. The Morgan fingerprint density at radius 2 is 2.10 bits per heavy atom. The van der Waals surface area contributed by atoms with Crippen LogP contribution in [0.2, 0.25) is 0 Å². The molecular weight excluding hydrogens is 120 g/mol. The molecule has 0 heteroatoms. The first-order chi connectivity index (χ1) is 4.73. The molecule has 10 heavy (non-hydrogen) atoms. The Labute approximate surface area is 64.3 Å². The second-order valence-electron chi connectivity index (χ2n) is 3.54. The highest BCUT2D eigenvalue weighted by atomic mass is 14.4. The second-order valence-corrected chi connectivity index (χ2v) is 3.54. The highest BCUT2D eigenvalue weighted by molar-refractivity contribution is 5.36. The standard InChI is InChI=1S/C10H18/c1-4-6-7-10(3)8-9(10)5-2/h8H,4-7H2,1-3H3. The SMILES string of the molecule is CCCCC1(C)C=C1CC. The smallest absolute Gasteiger partial charge is 0.00656 e. The minimum atomic E-state index is 0.560. The molecule has 0 radical (unpaired) electrons. The molecule has 1 unspecified atom stereocenters. The van der Waals surface area contributed by atoms with Gasteiger partial charge in [0.15, 0.2) is 0 Å². The third-order valence-corrected chi connectivity index (χ3v) is 2.57. The molecule has 1 atom stereocenters. The first-order valence-electron chi connectivity index (χ1n) is 4.45. The quantitative estimate of drug-likeness (QED) is 0.521. The van der Waals surface area contributed by atoms with Crippen LogP contribution in [0, 0.1) is 5.41 Å². The van der Waals surface area contributed by atoms with Crippen LogP contribution in [0.3, 0.4) is 0 Å². The summed E-state index contributed by atoms with van der Waals surface area (Å²) in [6, 6.07) is 0. The molecule has 58 valence electrons. The van der Waals surface area contributed by atoms with Crippen molar-refractivity contribution in [2.24, 2.45) is 5.41 Å².